The zero-order valence-electron chi connectivity index (χ0n) is 17.3. The van der Waals surface area contributed by atoms with E-state index in [1.807, 2.05) is 33.8 Å². The molecule has 1 fully saturated rings. The summed E-state index contributed by atoms with van der Waals surface area (Å²) in [7, 11) is 0. The molecule has 0 saturated carbocycles. The smallest absolute Gasteiger partial charge is 0.332 e. The first-order valence-electron chi connectivity index (χ1n) is 9.91. The maximum Gasteiger partial charge on any atom is 0.332 e. The van der Waals surface area contributed by atoms with Crippen LogP contribution in [0.5, 0.6) is 0 Å². The molecular weight excluding hydrogens is 374 g/mol. The van der Waals surface area contributed by atoms with Gasteiger partial charge in [0.25, 0.3) is 5.91 Å². The van der Waals surface area contributed by atoms with Gasteiger partial charge in [0.15, 0.2) is 0 Å². The predicted octanol–water partition coefficient (Wildman–Crippen LogP) is 2.31. The lowest BCUT2D eigenvalue weighted by molar-refractivity contribution is -0.147. The molecule has 3 amide bonds. The van der Waals surface area contributed by atoms with Crippen LogP contribution in [0.15, 0.2) is 18.2 Å². The highest BCUT2D eigenvalue weighted by atomic mass is 16.7. The van der Waals surface area contributed by atoms with E-state index in [4.69, 9.17) is 4.84 Å². The van der Waals surface area contributed by atoms with Crippen molar-refractivity contribution in [3.05, 3.63) is 29.3 Å². The van der Waals surface area contributed by atoms with Crippen molar-refractivity contribution in [1.29, 1.82) is 0 Å². The molecule has 2 heterocycles. The summed E-state index contributed by atoms with van der Waals surface area (Å²) < 4.78 is 0. The summed E-state index contributed by atoms with van der Waals surface area (Å²) >= 11 is 0. The number of benzene rings is 1. The molecule has 0 aromatic heterocycles. The Morgan fingerprint density at radius 3 is 2.62 bits per heavy atom. The Hall–Kier alpha value is -2.90. The quantitative estimate of drug-likeness (QED) is 0.601. The molecule has 0 radical (unpaired) electrons. The van der Waals surface area contributed by atoms with Crippen molar-refractivity contribution in [1.82, 2.24) is 10.2 Å². The van der Waals surface area contributed by atoms with Crippen molar-refractivity contribution >= 4 is 29.4 Å². The van der Waals surface area contributed by atoms with Gasteiger partial charge in [0.05, 0.1) is 11.2 Å². The van der Waals surface area contributed by atoms with Gasteiger partial charge >= 0.3 is 5.97 Å². The number of hydrogen-bond donors (Lipinski definition) is 1. The molecule has 2 aliphatic rings. The minimum atomic E-state index is -0.689. The van der Waals surface area contributed by atoms with Crippen LogP contribution in [0.1, 0.15) is 69.3 Å². The number of carbonyl (C=O) groups excluding carboxylic acids is 4. The van der Waals surface area contributed by atoms with Crippen LogP contribution >= 0.6 is 0 Å². The van der Waals surface area contributed by atoms with Gasteiger partial charge < -0.3 is 9.74 Å². The van der Waals surface area contributed by atoms with E-state index in [0.717, 1.165) is 0 Å². The zero-order valence-corrected chi connectivity index (χ0v) is 17.3. The normalized spacial score (nSPS) is 19.1. The number of rotatable bonds is 5. The number of amides is 3. The van der Waals surface area contributed by atoms with Crippen molar-refractivity contribution in [3.63, 3.8) is 0 Å². The lowest BCUT2D eigenvalue weighted by Gasteiger charge is -2.36. The van der Waals surface area contributed by atoms with Gasteiger partial charge in [-0.05, 0) is 45.7 Å². The molecule has 0 bridgehead atoms. The van der Waals surface area contributed by atoms with Gasteiger partial charge in [-0.2, -0.15) is 0 Å². The van der Waals surface area contributed by atoms with E-state index in [1.165, 1.54) is 4.90 Å². The Morgan fingerprint density at radius 1 is 1.28 bits per heavy atom. The third-order valence-corrected chi connectivity index (χ3v) is 5.03. The van der Waals surface area contributed by atoms with Gasteiger partial charge in [-0.15, -0.1) is 0 Å². The molecule has 1 N–H and O–H groups in total. The molecule has 156 valence electrons. The topological polar surface area (TPSA) is 96.0 Å². The maximum atomic E-state index is 13.0. The van der Waals surface area contributed by atoms with E-state index >= 15 is 0 Å². The predicted molar refractivity (Wildman–Crippen MR) is 106 cm³/mol. The minimum Gasteiger partial charge on any atom is -0.340 e. The molecule has 8 nitrogen and oxygen atoms in total. The molecule has 1 unspecified atom stereocenters. The largest absolute Gasteiger partial charge is 0.340 e. The fourth-order valence-corrected chi connectivity index (χ4v) is 3.66. The molecule has 0 aliphatic carbocycles. The van der Waals surface area contributed by atoms with E-state index in [2.05, 4.69) is 5.32 Å². The number of imide groups is 1. The number of hydrogen-bond acceptors (Lipinski definition) is 6. The molecule has 8 heteroatoms. The third kappa shape index (κ3) is 4.11. The van der Waals surface area contributed by atoms with Gasteiger partial charge in [-0.1, -0.05) is 13.0 Å². The molecule has 29 heavy (non-hydrogen) atoms. The van der Waals surface area contributed by atoms with E-state index in [0.29, 0.717) is 36.1 Å². The Kier molecular flexibility index (Phi) is 5.64. The SMILES string of the molecule is CCCC(=O)ON(c1cccc2c1CN(C1CCC(=O)NC1=O)C2=O)C(C)(C)C. The van der Waals surface area contributed by atoms with Crippen LogP contribution in [0, 0.1) is 0 Å². The van der Waals surface area contributed by atoms with E-state index in [1.54, 1.807) is 17.2 Å². The monoisotopic (exact) mass is 401 g/mol. The molecular formula is C21H27N3O5. The average molecular weight is 401 g/mol. The van der Waals surface area contributed by atoms with E-state index in [-0.39, 0.29) is 30.7 Å². The first-order valence-corrected chi connectivity index (χ1v) is 9.91. The summed E-state index contributed by atoms with van der Waals surface area (Å²) in [5, 5.41) is 3.85. The van der Waals surface area contributed by atoms with Gasteiger partial charge in [0, 0.05) is 30.5 Å². The van der Waals surface area contributed by atoms with Crippen molar-refractivity contribution in [3.8, 4) is 0 Å². The summed E-state index contributed by atoms with van der Waals surface area (Å²) in [5.74, 6) is -1.37. The highest BCUT2D eigenvalue weighted by Gasteiger charge is 2.41. The van der Waals surface area contributed by atoms with Crippen LogP contribution in [0.3, 0.4) is 0 Å². The Labute approximate surface area is 170 Å². The molecule has 3 rings (SSSR count). The summed E-state index contributed by atoms with van der Waals surface area (Å²) in [6.07, 6.45) is 1.47. The fraction of sp³-hybridized carbons (Fsp3) is 0.524. The molecule has 1 atom stereocenters. The van der Waals surface area contributed by atoms with Crippen LogP contribution in [-0.2, 0) is 25.8 Å². The average Bonchev–Trinajstić information content (AvgIpc) is 2.96. The lowest BCUT2D eigenvalue weighted by Crippen LogP contribution is -2.52. The Morgan fingerprint density at radius 2 is 2.00 bits per heavy atom. The number of anilines is 1. The van der Waals surface area contributed by atoms with Crippen molar-refractivity contribution < 1.29 is 24.0 Å². The third-order valence-electron chi connectivity index (χ3n) is 5.03. The van der Waals surface area contributed by atoms with Crippen molar-refractivity contribution in [2.75, 3.05) is 5.06 Å². The van der Waals surface area contributed by atoms with E-state index < -0.39 is 17.5 Å². The van der Waals surface area contributed by atoms with Gasteiger partial charge in [-0.3, -0.25) is 19.7 Å². The van der Waals surface area contributed by atoms with Crippen LogP contribution in [0.25, 0.3) is 0 Å². The highest BCUT2D eigenvalue weighted by Crippen LogP contribution is 2.37. The first kappa shape index (κ1) is 20.8. The fourth-order valence-electron chi connectivity index (χ4n) is 3.66. The number of piperidine rings is 1. The standard InChI is InChI=1S/C21H27N3O5/c1-5-7-18(26)29-24(21(2,3)4)15-9-6-8-13-14(15)12-23(20(13)28)16-10-11-17(25)22-19(16)27/h6,8-9,16H,5,7,10-12H2,1-4H3,(H,22,25,27). The summed E-state index contributed by atoms with van der Waals surface area (Å²) in [6, 6.07) is 4.57. The van der Waals surface area contributed by atoms with Crippen LogP contribution in [0.4, 0.5) is 5.69 Å². The lowest BCUT2D eigenvalue weighted by atomic mass is 10.0. The summed E-state index contributed by atoms with van der Waals surface area (Å²) in [5.41, 5.74) is 1.28. The van der Waals surface area contributed by atoms with Gasteiger partial charge in [0.1, 0.15) is 6.04 Å². The molecule has 1 aromatic rings. The molecule has 2 aliphatic heterocycles. The molecule has 0 spiro atoms. The van der Waals surface area contributed by atoms with Crippen molar-refractivity contribution in [2.45, 2.75) is 71.5 Å². The number of hydroxylamine groups is 1. The van der Waals surface area contributed by atoms with Gasteiger partial charge in [0.2, 0.25) is 11.8 Å². The van der Waals surface area contributed by atoms with E-state index in [9.17, 15) is 19.2 Å². The number of nitrogens with one attached hydrogen (secondary N) is 1. The second-order valence-corrected chi connectivity index (χ2v) is 8.38. The summed E-state index contributed by atoms with van der Waals surface area (Å²) in [4.78, 5) is 56.1. The van der Waals surface area contributed by atoms with Crippen molar-refractivity contribution in [2.24, 2.45) is 0 Å². The Bertz CT molecular complexity index is 858. The second-order valence-electron chi connectivity index (χ2n) is 8.38. The van der Waals surface area contributed by atoms with Crippen LogP contribution < -0.4 is 10.4 Å². The number of fused-ring (bicyclic) bond motifs is 1. The minimum absolute atomic E-state index is 0.201. The van der Waals surface area contributed by atoms with Gasteiger partial charge in [-0.25, -0.2) is 9.86 Å². The van der Waals surface area contributed by atoms with Crippen LogP contribution in [0.2, 0.25) is 0 Å². The Balaban J connectivity index is 1.94. The zero-order chi connectivity index (χ0) is 21.3. The molecule has 1 saturated heterocycles. The molecule has 1 aromatic carbocycles. The van der Waals surface area contributed by atoms with Crippen LogP contribution in [-0.4, -0.2) is 40.2 Å². The maximum absolute atomic E-state index is 13.0. The summed E-state index contributed by atoms with van der Waals surface area (Å²) in [6.45, 7) is 7.87. The first-order chi connectivity index (χ1) is 13.6. The number of carbonyl (C=O) groups is 4. The second kappa shape index (κ2) is 7.85. The number of nitrogens with zero attached hydrogens (tertiary/aromatic N) is 2. The highest BCUT2D eigenvalue weighted by molar-refractivity contribution is 6.06.